The van der Waals surface area contributed by atoms with E-state index in [-0.39, 0.29) is 0 Å². The quantitative estimate of drug-likeness (QED) is 0.903. The summed E-state index contributed by atoms with van der Waals surface area (Å²) in [6.45, 7) is 7.30. The van der Waals surface area contributed by atoms with Gasteiger partial charge in [-0.15, -0.1) is 0 Å². The molecule has 1 aliphatic heterocycles. The highest BCUT2D eigenvalue weighted by atomic mass is 16.3. The van der Waals surface area contributed by atoms with Crippen molar-refractivity contribution in [1.82, 2.24) is 14.7 Å². The third-order valence-corrected chi connectivity index (χ3v) is 4.44. The molecule has 106 valence electrons. The van der Waals surface area contributed by atoms with Crippen LogP contribution in [0.15, 0.2) is 12.3 Å². The lowest BCUT2D eigenvalue weighted by molar-refractivity contribution is 0.0476. The van der Waals surface area contributed by atoms with Crippen molar-refractivity contribution < 1.29 is 5.11 Å². The molecule has 4 heteroatoms. The summed E-state index contributed by atoms with van der Waals surface area (Å²) in [5, 5.41) is 15.4. The van der Waals surface area contributed by atoms with Crippen molar-refractivity contribution in [3.63, 3.8) is 0 Å². The Hall–Kier alpha value is -0.870. The van der Waals surface area contributed by atoms with Crippen LogP contribution in [0.5, 0.6) is 0 Å². The Labute approximate surface area is 115 Å². The van der Waals surface area contributed by atoms with Gasteiger partial charge in [0.05, 0.1) is 11.3 Å². The normalized spacial score (nSPS) is 32.4. The molecule has 2 atom stereocenters. The fourth-order valence-electron chi connectivity index (χ4n) is 3.35. The Morgan fingerprint density at radius 3 is 2.79 bits per heavy atom. The fraction of sp³-hybridized carbons (Fsp3) is 0.800. The SMILES string of the molecule is CC1CC(O)(Cc2ccn(C(C)C)n2)CN1C1CC1. The van der Waals surface area contributed by atoms with Crippen LogP contribution in [0.1, 0.15) is 51.8 Å². The third-order valence-electron chi connectivity index (χ3n) is 4.44. The molecule has 1 aromatic rings. The summed E-state index contributed by atoms with van der Waals surface area (Å²) in [5.74, 6) is 0. The maximum atomic E-state index is 10.8. The van der Waals surface area contributed by atoms with Gasteiger partial charge in [-0.3, -0.25) is 9.58 Å². The monoisotopic (exact) mass is 263 g/mol. The van der Waals surface area contributed by atoms with Crippen molar-refractivity contribution in [2.24, 2.45) is 0 Å². The molecule has 0 bridgehead atoms. The van der Waals surface area contributed by atoms with Crippen molar-refractivity contribution in [3.8, 4) is 0 Å². The van der Waals surface area contributed by atoms with Crippen LogP contribution in [0, 0.1) is 0 Å². The highest BCUT2D eigenvalue weighted by Crippen LogP contribution is 2.38. The van der Waals surface area contributed by atoms with Gasteiger partial charge in [0.1, 0.15) is 0 Å². The van der Waals surface area contributed by atoms with Gasteiger partial charge in [0.2, 0.25) is 0 Å². The molecule has 1 aromatic heterocycles. The predicted octanol–water partition coefficient (Wildman–Crippen LogP) is 1.99. The molecule has 2 unspecified atom stereocenters. The van der Waals surface area contributed by atoms with E-state index < -0.39 is 5.60 Å². The Kier molecular flexibility index (Phi) is 3.18. The number of aromatic nitrogens is 2. The van der Waals surface area contributed by atoms with Crippen LogP contribution in [0.3, 0.4) is 0 Å². The first-order valence-corrected chi connectivity index (χ1v) is 7.49. The van der Waals surface area contributed by atoms with E-state index in [0.717, 1.165) is 24.7 Å². The summed E-state index contributed by atoms with van der Waals surface area (Å²) < 4.78 is 1.97. The van der Waals surface area contributed by atoms with Gasteiger partial charge in [-0.2, -0.15) is 5.10 Å². The zero-order valence-electron chi connectivity index (χ0n) is 12.2. The number of likely N-dealkylation sites (tertiary alicyclic amines) is 1. The molecule has 19 heavy (non-hydrogen) atoms. The molecule has 1 saturated heterocycles. The summed E-state index contributed by atoms with van der Waals surface area (Å²) in [6.07, 6.45) is 6.18. The van der Waals surface area contributed by atoms with E-state index in [1.807, 2.05) is 16.9 Å². The molecule has 2 heterocycles. The minimum Gasteiger partial charge on any atom is -0.388 e. The van der Waals surface area contributed by atoms with E-state index in [9.17, 15) is 5.11 Å². The van der Waals surface area contributed by atoms with Crippen molar-refractivity contribution >= 4 is 0 Å². The summed E-state index contributed by atoms with van der Waals surface area (Å²) in [7, 11) is 0. The number of rotatable bonds is 4. The van der Waals surface area contributed by atoms with Crippen LogP contribution in [-0.4, -0.2) is 44.0 Å². The number of hydrogen-bond donors (Lipinski definition) is 1. The number of hydrogen-bond acceptors (Lipinski definition) is 3. The molecule has 3 rings (SSSR count). The third kappa shape index (κ3) is 2.70. The van der Waals surface area contributed by atoms with Crippen molar-refractivity contribution in [1.29, 1.82) is 0 Å². The summed E-state index contributed by atoms with van der Waals surface area (Å²) in [4.78, 5) is 2.49. The van der Waals surface area contributed by atoms with Crippen LogP contribution in [0.2, 0.25) is 0 Å². The first-order valence-electron chi connectivity index (χ1n) is 7.49. The molecule has 0 spiro atoms. The van der Waals surface area contributed by atoms with Gasteiger partial charge in [-0.1, -0.05) is 0 Å². The second kappa shape index (κ2) is 4.60. The second-order valence-corrected chi connectivity index (χ2v) is 6.74. The summed E-state index contributed by atoms with van der Waals surface area (Å²) in [5.41, 5.74) is 0.430. The topological polar surface area (TPSA) is 41.3 Å². The van der Waals surface area contributed by atoms with Crippen LogP contribution in [0.25, 0.3) is 0 Å². The minimum absolute atomic E-state index is 0.383. The largest absolute Gasteiger partial charge is 0.388 e. The van der Waals surface area contributed by atoms with Crippen LogP contribution in [0.4, 0.5) is 0 Å². The van der Waals surface area contributed by atoms with Gasteiger partial charge in [0, 0.05) is 37.3 Å². The minimum atomic E-state index is -0.585. The van der Waals surface area contributed by atoms with Gasteiger partial charge in [-0.05, 0) is 46.1 Å². The second-order valence-electron chi connectivity index (χ2n) is 6.74. The lowest BCUT2D eigenvalue weighted by atomic mass is 9.95. The van der Waals surface area contributed by atoms with Crippen molar-refractivity contribution in [2.75, 3.05) is 6.54 Å². The van der Waals surface area contributed by atoms with Crippen molar-refractivity contribution in [2.45, 2.75) is 70.2 Å². The van der Waals surface area contributed by atoms with Crippen LogP contribution >= 0.6 is 0 Å². The first kappa shape index (κ1) is 13.1. The molecule has 2 fully saturated rings. The number of β-amino-alcohol motifs (C(OH)–C–C–N with tert-alkyl or cyclic N) is 1. The molecule has 2 aliphatic rings. The van der Waals surface area contributed by atoms with Gasteiger partial charge in [-0.25, -0.2) is 0 Å². The van der Waals surface area contributed by atoms with Crippen LogP contribution in [-0.2, 0) is 6.42 Å². The summed E-state index contributed by atoms with van der Waals surface area (Å²) in [6, 6.07) is 3.67. The average Bonchev–Trinajstić information content (AvgIpc) is 2.98. The molecule has 1 aliphatic carbocycles. The Morgan fingerprint density at radius 1 is 1.47 bits per heavy atom. The maximum Gasteiger partial charge on any atom is 0.0844 e. The molecule has 1 saturated carbocycles. The van der Waals surface area contributed by atoms with Gasteiger partial charge in [0.25, 0.3) is 0 Å². The maximum absolute atomic E-state index is 10.8. The molecular formula is C15H25N3O. The van der Waals surface area contributed by atoms with E-state index in [1.165, 1.54) is 12.8 Å². The van der Waals surface area contributed by atoms with Gasteiger partial charge >= 0.3 is 0 Å². The molecule has 0 radical (unpaired) electrons. The highest BCUT2D eigenvalue weighted by Gasteiger charge is 2.46. The van der Waals surface area contributed by atoms with E-state index >= 15 is 0 Å². The number of aliphatic hydroxyl groups is 1. The average molecular weight is 263 g/mol. The first-order chi connectivity index (χ1) is 8.97. The van der Waals surface area contributed by atoms with E-state index in [2.05, 4.69) is 30.8 Å². The zero-order chi connectivity index (χ0) is 13.6. The highest BCUT2D eigenvalue weighted by molar-refractivity contribution is 5.09. The lowest BCUT2D eigenvalue weighted by Gasteiger charge is -2.23. The smallest absolute Gasteiger partial charge is 0.0844 e. The fourth-order valence-corrected chi connectivity index (χ4v) is 3.35. The van der Waals surface area contributed by atoms with Gasteiger partial charge in [0.15, 0.2) is 0 Å². The number of nitrogens with zero attached hydrogens (tertiary/aromatic N) is 3. The molecule has 0 amide bonds. The van der Waals surface area contributed by atoms with E-state index in [4.69, 9.17) is 0 Å². The Bertz CT molecular complexity index is 452. The Balaban J connectivity index is 1.68. The van der Waals surface area contributed by atoms with E-state index in [0.29, 0.717) is 18.5 Å². The molecular weight excluding hydrogens is 238 g/mol. The predicted molar refractivity (Wildman–Crippen MR) is 75.1 cm³/mol. The van der Waals surface area contributed by atoms with Crippen molar-refractivity contribution in [3.05, 3.63) is 18.0 Å². The molecule has 0 aromatic carbocycles. The van der Waals surface area contributed by atoms with Crippen LogP contribution < -0.4 is 0 Å². The zero-order valence-corrected chi connectivity index (χ0v) is 12.2. The van der Waals surface area contributed by atoms with E-state index in [1.54, 1.807) is 0 Å². The lowest BCUT2D eigenvalue weighted by Crippen LogP contribution is -2.36. The Morgan fingerprint density at radius 2 is 2.21 bits per heavy atom. The molecule has 1 N–H and O–H groups in total. The summed E-state index contributed by atoms with van der Waals surface area (Å²) >= 11 is 0. The van der Waals surface area contributed by atoms with Gasteiger partial charge < -0.3 is 5.11 Å². The standard InChI is InChI=1S/C15H25N3O/c1-11(2)18-7-6-13(16-18)9-15(19)8-12(3)17(10-15)14-4-5-14/h6-7,11-12,14,19H,4-5,8-10H2,1-3H3. The molecule has 4 nitrogen and oxygen atoms in total.